The van der Waals surface area contributed by atoms with Crippen molar-refractivity contribution in [2.24, 2.45) is 5.73 Å². The largest absolute Gasteiger partial charge is 0.508 e. The van der Waals surface area contributed by atoms with Gasteiger partial charge in [0.15, 0.2) is 5.78 Å². The van der Waals surface area contributed by atoms with Gasteiger partial charge in [0.2, 0.25) is 0 Å². The van der Waals surface area contributed by atoms with Crippen molar-refractivity contribution in [2.45, 2.75) is 55.8 Å². The summed E-state index contributed by atoms with van der Waals surface area (Å²) >= 11 is 0. The Morgan fingerprint density at radius 2 is 1.94 bits per heavy atom. The number of ketones is 1. The zero-order chi connectivity index (χ0) is 23.4. The fourth-order valence-electron chi connectivity index (χ4n) is 6.37. The molecule has 0 bridgehead atoms. The first-order chi connectivity index (χ1) is 16.4. The van der Waals surface area contributed by atoms with E-state index in [2.05, 4.69) is 15.2 Å². The van der Waals surface area contributed by atoms with Gasteiger partial charge >= 0.3 is 5.69 Å². The second-order valence-electron chi connectivity index (χ2n) is 10.2. The van der Waals surface area contributed by atoms with E-state index >= 15 is 0 Å². The summed E-state index contributed by atoms with van der Waals surface area (Å²) in [5.74, 6) is 0.513. The van der Waals surface area contributed by atoms with Gasteiger partial charge in [0, 0.05) is 31.1 Å². The lowest BCUT2D eigenvalue weighted by atomic mass is 9.78. The van der Waals surface area contributed by atoms with Gasteiger partial charge in [0.05, 0.1) is 17.6 Å². The molecule has 2 aromatic carbocycles. The number of para-hydroxylation sites is 2. The number of Topliss-reactive ketones (excluding diaryl/α,β-unsaturated/α-hetero) is 1. The lowest BCUT2D eigenvalue weighted by Gasteiger charge is -2.34. The smallest absolute Gasteiger partial charge is 0.326 e. The molecule has 1 aromatic heterocycles. The number of carbonyl (C=O) groups excluding carboxylic acids is 1. The number of aryl methyl sites for hydroxylation is 1. The van der Waals surface area contributed by atoms with E-state index in [1.165, 1.54) is 5.56 Å². The van der Waals surface area contributed by atoms with Crippen molar-refractivity contribution in [3.8, 4) is 5.75 Å². The molecule has 2 aliphatic heterocycles. The molecule has 8 heteroatoms. The minimum absolute atomic E-state index is 0.0324. The first-order valence-electron chi connectivity index (χ1n) is 12.2. The average Bonchev–Trinajstić information content (AvgIpc) is 3.36. The van der Waals surface area contributed by atoms with Gasteiger partial charge in [-0.05, 0) is 67.5 Å². The zero-order valence-electron chi connectivity index (χ0n) is 19.2. The van der Waals surface area contributed by atoms with Crippen LogP contribution < -0.4 is 16.7 Å². The Kier molecular flexibility index (Phi) is 5.13. The number of benzene rings is 2. The number of imidazole rings is 1. The van der Waals surface area contributed by atoms with Crippen molar-refractivity contribution in [1.82, 2.24) is 19.8 Å². The molecule has 2 fully saturated rings. The van der Waals surface area contributed by atoms with Crippen molar-refractivity contribution in [2.75, 3.05) is 19.6 Å². The van der Waals surface area contributed by atoms with Gasteiger partial charge in [-0.3, -0.25) is 19.6 Å². The van der Waals surface area contributed by atoms with Crippen LogP contribution >= 0.6 is 0 Å². The number of piperidine rings is 1. The molecule has 0 amide bonds. The van der Waals surface area contributed by atoms with Gasteiger partial charge in [0.25, 0.3) is 0 Å². The molecule has 2 saturated heterocycles. The third-order valence-electron chi connectivity index (χ3n) is 8.13. The van der Waals surface area contributed by atoms with Gasteiger partial charge in [-0.25, -0.2) is 4.79 Å². The molecular weight excluding hydrogens is 430 g/mol. The van der Waals surface area contributed by atoms with Crippen molar-refractivity contribution >= 4 is 16.8 Å². The summed E-state index contributed by atoms with van der Waals surface area (Å²) in [4.78, 5) is 31.0. The maximum Gasteiger partial charge on any atom is 0.326 e. The van der Waals surface area contributed by atoms with Gasteiger partial charge in [-0.2, -0.15) is 0 Å². The number of likely N-dealkylation sites (tertiary alicyclic amines) is 1. The molecule has 3 heterocycles. The first kappa shape index (κ1) is 21.6. The van der Waals surface area contributed by atoms with Crippen LogP contribution in [0.4, 0.5) is 0 Å². The number of H-pyrrole nitrogens is 1. The number of aromatic amines is 1. The van der Waals surface area contributed by atoms with Crippen molar-refractivity contribution in [3.05, 3.63) is 64.1 Å². The Morgan fingerprint density at radius 1 is 1.15 bits per heavy atom. The number of hydrogen-bond acceptors (Lipinski definition) is 6. The van der Waals surface area contributed by atoms with Crippen LogP contribution in [0.5, 0.6) is 5.75 Å². The van der Waals surface area contributed by atoms with Crippen LogP contribution in [0.2, 0.25) is 0 Å². The molecule has 178 valence electrons. The maximum atomic E-state index is 13.4. The number of rotatable bonds is 4. The Hall–Kier alpha value is -2.94. The number of nitrogens with two attached hydrogens (primary N) is 1. The number of nitrogens with zero attached hydrogens (tertiary/aromatic N) is 2. The van der Waals surface area contributed by atoms with E-state index in [4.69, 9.17) is 5.73 Å². The number of nitrogens with one attached hydrogen (secondary N) is 2. The molecule has 3 atom stereocenters. The van der Waals surface area contributed by atoms with Gasteiger partial charge < -0.3 is 15.8 Å². The summed E-state index contributed by atoms with van der Waals surface area (Å²) in [6.07, 6.45) is 4.01. The quantitative estimate of drug-likeness (QED) is 0.472. The predicted molar refractivity (Wildman–Crippen MR) is 130 cm³/mol. The fraction of sp³-hybridized carbons (Fsp3) is 0.462. The highest BCUT2D eigenvalue weighted by Crippen LogP contribution is 2.42. The van der Waals surface area contributed by atoms with Crippen LogP contribution in [0.25, 0.3) is 11.0 Å². The Bertz CT molecular complexity index is 1310. The molecule has 34 heavy (non-hydrogen) atoms. The number of aromatic nitrogens is 2. The van der Waals surface area contributed by atoms with E-state index in [-0.39, 0.29) is 35.2 Å². The lowest BCUT2D eigenvalue weighted by Crippen LogP contribution is -2.60. The second-order valence-corrected chi connectivity index (χ2v) is 10.2. The molecule has 1 aliphatic carbocycles. The number of phenolic OH excluding ortho intramolecular Hbond substituents is 1. The highest BCUT2D eigenvalue weighted by molar-refractivity contribution is 5.90. The van der Waals surface area contributed by atoms with E-state index in [9.17, 15) is 14.7 Å². The van der Waals surface area contributed by atoms with Gasteiger partial charge in [0.1, 0.15) is 11.4 Å². The normalized spacial score (nSPS) is 27.6. The summed E-state index contributed by atoms with van der Waals surface area (Å²) in [6.45, 7) is 1.84. The van der Waals surface area contributed by atoms with E-state index in [0.717, 1.165) is 55.4 Å². The van der Waals surface area contributed by atoms with Crippen molar-refractivity contribution in [1.29, 1.82) is 0 Å². The minimum Gasteiger partial charge on any atom is -0.508 e. The minimum atomic E-state index is -1.03. The summed E-state index contributed by atoms with van der Waals surface area (Å²) in [5.41, 5.74) is 9.73. The van der Waals surface area contributed by atoms with Crippen LogP contribution in [-0.2, 0) is 11.2 Å². The third-order valence-corrected chi connectivity index (χ3v) is 8.13. The lowest BCUT2D eigenvalue weighted by molar-refractivity contribution is -0.126. The van der Waals surface area contributed by atoms with Crippen LogP contribution in [0, 0.1) is 0 Å². The number of aromatic hydroxyl groups is 1. The Morgan fingerprint density at radius 3 is 2.76 bits per heavy atom. The van der Waals surface area contributed by atoms with Crippen molar-refractivity contribution < 1.29 is 9.90 Å². The molecule has 5 N–H and O–H groups in total. The van der Waals surface area contributed by atoms with E-state index in [1.807, 2.05) is 41.0 Å². The highest BCUT2D eigenvalue weighted by Gasteiger charge is 2.49. The molecule has 3 unspecified atom stereocenters. The molecular formula is C26H31N5O3. The monoisotopic (exact) mass is 461 g/mol. The summed E-state index contributed by atoms with van der Waals surface area (Å²) in [6, 6.07) is 13.6. The van der Waals surface area contributed by atoms with Crippen LogP contribution in [-0.4, -0.2) is 56.7 Å². The maximum absolute atomic E-state index is 13.4. The summed E-state index contributed by atoms with van der Waals surface area (Å²) in [5, 5.41) is 13.3. The standard InChI is InChI=1S/C26H31N5O3/c27-26(14-20-19-7-6-18(32)13-16(19)5-8-21(20)29-26)24(33)15-30-11-9-17(10-12-30)31-23-4-2-1-3-22(23)28-25(31)34/h1-4,6-7,13,17,20-21,29,32H,5,8-12,14-15,27H2,(H,28,34). The van der Waals surface area contributed by atoms with Crippen LogP contribution in [0.3, 0.4) is 0 Å². The number of hydrogen-bond donors (Lipinski definition) is 4. The van der Waals surface area contributed by atoms with E-state index in [1.54, 1.807) is 6.07 Å². The van der Waals surface area contributed by atoms with Crippen molar-refractivity contribution in [3.63, 3.8) is 0 Å². The Labute approximate surface area is 197 Å². The van der Waals surface area contributed by atoms with E-state index in [0.29, 0.717) is 13.0 Å². The van der Waals surface area contributed by atoms with Gasteiger partial charge in [-0.1, -0.05) is 18.2 Å². The third kappa shape index (κ3) is 3.57. The number of fused-ring (bicyclic) bond motifs is 4. The molecule has 6 rings (SSSR count). The molecule has 0 radical (unpaired) electrons. The SMILES string of the molecule is NC1(C(=O)CN2CCC(n3c(=O)[nH]c4ccccc43)CC2)CC2c3ccc(O)cc3CCC2N1. The topological polar surface area (TPSA) is 116 Å². The number of phenols is 1. The predicted octanol–water partition coefficient (Wildman–Crippen LogP) is 1.99. The van der Waals surface area contributed by atoms with Crippen LogP contribution in [0.15, 0.2) is 47.3 Å². The molecule has 3 aliphatic rings. The summed E-state index contributed by atoms with van der Waals surface area (Å²) < 4.78 is 1.87. The highest BCUT2D eigenvalue weighted by atomic mass is 16.3. The molecule has 0 spiro atoms. The van der Waals surface area contributed by atoms with E-state index < -0.39 is 5.66 Å². The average molecular weight is 462 g/mol. The molecule has 8 nitrogen and oxygen atoms in total. The Balaban J connectivity index is 1.11. The first-order valence-corrected chi connectivity index (χ1v) is 12.2. The fourth-order valence-corrected chi connectivity index (χ4v) is 6.37. The molecule has 3 aromatic rings. The van der Waals surface area contributed by atoms with Gasteiger partial charge in [-0.15, -0.1) is 0 Å². The summed E-state index contributed by atoms with van der Waals surface area (Å²) in [7, 11) is 0. The van der Waals surface area contributed by atoms with Crippen LogP contribution in [0.1, 0.15) is 48.8 Å². The second kappa shape index (κ2) is 8.08. The number of carbonyl (C=O) groups is 1. The zero-order valence-corrected chi connectivity index (χ0v) is 19.2. The molecule has 0 saturated carbocycles.